The number of nitrogens with zero attached hydrogens (tertiary/aromatic N) is 3. The van der Waals surface area contributed by atoms with E-state index in [0.717, 1.165) is 49.4 Å². The van der Waals surface area contributed by atoms with E-state index < -0.39 is 0 Å². The van der Waals surface area contributed by atoms with Crippen molar-refractivity contribution in [3.63, 3.8) is 0 Å². The molecule has 1 aliphatic heterocycles. The molecule has 1 N–H and O–H groups in total. The van der Waals surface area contributed by atoms with Crippen LogP contribution in [-0.4, -0.2) is 49.7 Å². The fourth-order valence-corrected chi connectivity index (χ4v) is 3.44. The van der Waals surface area contributed by atoms with Crippen LogP contribution in [0.2, 0.25) is 0 Å². The maximum Gasteiger partial charge on any atom is 0.193 e. The predicted octanol–water partition coefficient (Wildman–Crippen LogP) is 2.48. The van der Waals surface area contributed by atoms with E-state index in [1.54, 1.807) is 11.3 Å². The van der Waals surface area contributed by atoms with E-state index >= 15 is 0 Å². The Kier molecular flexibility index (Phi) is 5.81. The third-order valence-corrected chi connectivity index (χ3v) is 4.70. The Labute approximate surface area is 137 Å². The number of hydrogen-bond acceptors (Lipinski definition) is 4. The number of thiazole rings is 1. The van der Waals surface area contributed by atoms with E-state index in [0.29, 0.717) is 5.92 Å². The summed E-state index contributed by atoms with van der Waals surface area (Å²) in [6.07, 6.45) is 1.14. The van der Waals surface area contributed by atoms with Gasteiger partial charge in [0.2, 0.25) is 0 Å². The molecule has 2 rings (SSSR count). The summed E-state index contributed by atoms with van der Waals surface area (Å²) in [6, 6.07) is 0. The smallest absolute Gasteiger partial charge is 0.193 e. The molecule has 1 atom stereocenters. The van der Waals surface area contributed by atoms with Crippen LogP contribution in [0, 0.1) is 5.92 Å². The van der Waals surface area contributed by atoms with E-state index in [4.69, 9.17) is 9.72 Å². The van der Waals surface area contributed by atoms with Crippen LogP contribution >= 0.6 is 11.3 Å². The van der Waals surface area contributed by atoms with Crippen molar-refractivity contribution in [3.8, 4) is 0 Å². The summed E-state index contributed by atoms with van der Waals surface area (Å²) in [5.74, 6) is 1.52. The van der Waals surface area contributed by atoms with E-state index in [1.165, 1.54) is 0 Å². The van der Waals surface area contributed by atoms with Crippen LogP contribution in [0.25, 0.3) is 0 Å². The molecule has 0 radical (unpaired) electrons. The molecule has 0 spiro atoms. The number of ether oxygens (including phenoxy) is 1. The van der Waals surface area contributed by atoms with E-state index in [-0.39, 0.29) is 5.41 Å². The largest absolute Gasteiger partial charge is 0.381 e. The van der Waals surface area contributed by atoms with Gasteiger partial charge in [-0.15, -0.1) is 11.3 Å². The van der Waals surface area contributed by atoms with Crippen LogP contribution in [0.5, 0.6) is 0 Å². The molecule has 1 aromatic rings. The van der Waals surface area contributed by atoms with Crippen LogP contribution in [0.3, 0.4) is 0 Å². The fraction of sp³-hybridized carbons (Fsp3) is 0.750. The zero-order chi connectivity index (χ0) is 16.2. The number of aromatic nitrogens is 1. The van der Waals surface area contributed by atoms with Crippen LogP contribution in [0.1, 0.15) is 37.9 Å². The van der Waals surface area contributed by atoms with Gasteiger partial charge in [0.05, 0.1) is 18.8 Å². The summed E-state index contributed by atoms with van der Waals surface area (Å²) < 4.78 is 5.44. The third kappa shape index (κ3) is 4.68. The first-order chi connectivity index (χ1) is 10.4. The molecular weight excluding hydrogens is 296 g/mol. The van der Waals surface area contributed by atoms with Gasteiger partial charge in [0.25, 0.3) is 0 Å². The summed E-state index contributed by atoms with van der Waals surface area (Å²) in [5, 5.41) is 6.66. The van der Waals surface area contributed by atoms with Crippen molar-refractivity contribution in [1.82, 2.24) is 15.2 Å². The van der Waals surface area contributed by atoms with Gasteiger partial charge in [-0.2, -0.15) is 0 Å². The maximum atomic E-state index is 5.44. The van der Waals surface area contributed by atoms with Crippen LogP contribution in [0.15, 0.2) is 10.4 Å². The molecule has 1 aliphatic rings. The summed E-state index contributed by atoms with van der Waals surface area (Å²) in [6.45, 7) is 10.0. The highest BCUT2D eigenvalue weighted by molar-refractivity contribution is 7.09. The number of nitrogens with one attached hydrogen (secondary N) is 1. The molecule has 1 unspecified atom stereocenters. The minimum atomic E-state index is 0.107. The highest BCUT2D eigenvalue weighted by Crippen LogP contribution is 2.23. The number of aliphatic imine (C=N–C) groups is 1. The molecule has 22 heavy (non-hydrogen) atoms. The first kappa shape index (κ1) is 17.2. The molecule has 6 heteroatoms. The molecule has 1 fully saturated rings. The zero-order valence-corrected chi connectivity index (χ0v) is 15.2. The van der Waals surface area contributed by atoms with Crippen LogP contribution in [0.4, 0.5) is 0 Å². The average molecular weight is 324 g/mol. The van der Waals surface area contributed by atoms with Gasteiger partial charge in [0.1, 0.15) is 5.01 Å². The van der Waals surface area contributed by atoms with Gasteiger partial charge in [-0.3, -0.25) is 4.99 Å². The molecule has 124 valence electrons. The minimum Gasteiger partial charge on any atom is -0.381 e. The van der Waals surface area contributed by atoms with E-state index in [2.05, 4.69) is 48.4 Å². The van der Waals surface area contributed by atoms with Gasteiger partial charge < -0.3 is 15.0 Å². The summed E-state index contributed by atoms with van der Waals surface area (Å²) in [4.78, 5) is 11.3. The molecule has 0 aromatic carbocycles. The molecule has 0 aliphatic carbocycles. The van der Waals surface area contributed by atoms with Crippen molar-refractivity contribution in [2.24, 2.45) is 10.9 Å². The highest BCUT2D eigenvalue weighted by Gasteiger charge is 2.20. The third-order valence-electron chi connectivity index (χ3n) is 3.85. The lowest BCUT2D eigenvalue weighted by Gasteiger charge is -2.24. The Hall–Kier alpha value is -1.14. The van der Waals surface area contributed by atoms with Gasteiger partial charge in [-0.25, -0.2) is 4.98 Å². The molecular formula is C16H28N4OS. The van der Waals surface area contributed by atoms with E-state index in [1.807, 2.05) is 7.05 Å². The van der Waals surface area contributed by atoms with Crippen LogP contribution < -0.4 is 5.32 Å². The predicted molar refractivity (Wildman–Crippen MR) is 92.6 cm³/mol. The number of hydrogen-bond donors (Lipinski definition) is 1. The monoisotopic (exact) mass is 324 g/mol. The van der Waals surface area contributed by atoms with Crippen molar-refractivity contribution in [2.45, 2.75) is 39.2 Å². The van der Waals surface area contributed by atoms with Gasteiger partial charge in [0.15, 0.2) is 5.96 Å². The SMILES string of the molecule is CN=C(NCc1nc(C(C)(C)C)cs1)N(C)CC1CCOC1. The minimum absolute atomic E-state index is 0.107. The number of guanidine groups is 1. The lowest BCUT2D eigenvalue weighted by molar-refractivity contribution is 0.181. The van der Waals surface area contributed by atoms with Crippen LogP contribution in [-0.2, 0) is 16.7 Å². The van der Waals surface area contributed by atoms with Crippen molar-refractivity contribution in [3.05, 3.63) is 16.1 Å². The second kappa shape index (κ2) is 7.42. The standard InChI is InChI=1S/C16H28N4OS/c1-16(2,3)13-11-22-14(19-13)8-18-15(17-4)20(5)9-12-6-7-21-10-12/h11-12H,6-10H2,1-5H3,(H,17,18). The van der Waals surface area contributed by atoms with E-state index in [9.17, 15) is 0 Å². The van der Waals surface area contributed by atoms with Crippen molar-refractivity contribution in [1.29, 1.82) is 0 Å². The fourth-order valence-electron chi connectivity index (χ4n) is 2.48. The van der Waals surface area contributed by atoms with Gasteiger partial charge in [-0.05, 0) is 6.42 Å². The van der Waals surface area contributed by atoms with Crippen molar-refractivity contribution < 1.29 is 4.74 Å². The molecule has 1 saturated heterocycles. The first-order valence-corrected chi connectivity index (χ1v) is 8.72. The Bertz CT molecular complexity index is 500. The lowest BCUT2D eigenvalue weighted by Crippen LogP contribution is -2.41. The maximum absolute atomic E-state index is 5.44. The molecule has 2 heterocycles. The Balaban J connectivity index is 1.86. The Morgan fingerprint density at radius 1 is 1.55 bits per heavy atom. The first-order valence-electron chi connectivity index (χ1n) is 7.84. The zero-order valence-electron chi connectivity index (χ0n) is 14.3. The molecule has 0 bridgehead atoms. The second-order valence-corrected chi connectivity index (χ2v) is 7.83. The average Bonchev–Trinajstić information content (AvgIpc) is 3.09. The summed E-state index contributed by atoms with van der Waals surface area (Å²) >= 11 is 1.71. The molecule has 0 amide bonds. The highest BCUT2D eigenvalue weighted by atomic mass is 32.1. The normalized spacial score (nSPS) is 19.5. The van der Waals surface area contributed by atoms with Gasteiger partial charge in [-0.1, -0.05) is 20.8 Å². The lowest BCUT2D eigenvalue weighted by atomic mass is 9.93. The quantitative estimate of drug-likeness (QED) is 0.683. The van der Waals surface area contributed by atoms with Crippen molar-refractivity contribution in [2.75, 3.05) is 33.9 Å². The van der Waals surface area contributed by atoms with Gasteiger partial charge >= 0.3 is 0 Å². The summed E-state index contributed by atoms with van der Waals surface area (Å²) in [7, 11) is 3.91. The second-order valence-electron chi connectivity index (χ2n) is 6.89. The molecule has 5 nitrogen and oxygen atoms in total. The topological polar surface area (TPSA) is 49.8 Å². The molecule has 0 saturated carbocycles. The van der Waals surface area contributed by atoms with Gasteiger partial charge in [0, 0.05) is 44.0 Å². The Morgan fingerprint density at radius 2 is 2.32 bits per heavy atom. The van der Waals surface area contributed by atoms with Crippen molar-refractivity contribution >= 4 is 17.3 Å². The molecule has 1 aromatic heterocycles. The Morgan fingerprint density at radius 3 is 2.86 bits per heavy atom. The number of rotatable bonds is 4. The summed E-state index contributed by atoms with van der Waals surface area (Å²) in [5.41, 5.74) is 1.26.